The van der Waals surface area contributed by atoms with Gasteiger partial charge in [0.05, 0.1) is 16.6 Å². The molecule has 2 N–H and O–H groups in total. The number of halogens is 2. The molecule has 1 heterocycles. The zero-order valence-corrected chi connectivity index (χ0v) is 13.5. The SMILES string of the molecule is O=C(CCc1nc2ccccc2c(=O)[nH]1)Nc1ccccc1OC(F)F. The van der Waals surface area contributed by atoms with Gasteiger partial charge in [0.15, 0.2) is 0 Å². The number of nitrogens with one attached hydrogen (secondary N) is 2. The van der Waals surface area contributed by atoms with Gasteiger partial charge >= 0.3 is 6.61 Å². The van der Waals surface area contributed by atoms with Crippen LogP contribution in [-0.2, 0) is 11.2 Å². The Balaban J connectivity index is 1.67. The van der Waals surface area contributed by atoms with Crippen LogP contribution in [0, 0.1) is 0 Å². The normalized spacial score (nSPS) is 10.9. The highest BCUT2D eigenvalue weighted by atomic mass is 19.3. The first-order chi connectivity index (χ1) is 12.5. The molecule has 0 aliphatic rings. The molecular weight excluding hydrogens is 344 g/mol. The second kappa shape index (κ2) is 7.73. The topological polar surface area (TPSA) is 84.1 Å². The van der Waals surface area contributed by atoms with Crippen LogP contribution in [0.15, 0.2) is 53.3 Å². The summed E-state index contributed by atoms with van der Waals surface area (Å²) in [4.78, 5) is 31.0. The first-order valence-corrected chi connectivity index (χ1v) is 7.84. The van der Waals surface area contributed by atoms with Gasteiger partial charge in [0.25, 0.3) is 5.56 Å². The third kappa shape index (κ3) is 4.21. The zero-order chi connectivity index (χ0) is 18.5. The van der Waals surface area contributed by atoms with Crippen LogP contribution in [-0.4, -0.2) is 22.5 Å². The third-order valence-corrected chi connectivity index (χ3v) is 3.63. The Hall–Kier alpha value is -3.29. The van der Waals surface area contributed by atoms with Crippen molar-refractivity contribution in [3.8, 4) is 5.75 Å². The number of H-pyrrole nitrogens is 1. The molecule has 0 unspecified atom stereocenters. The largest absolute Gasteiger partial charge is 0.433 e. The number of carbonyl (C=O) groups excluding carboxylic acids is 1. The molecule has 2 aromatic carbocycles. The van der Waals surface area contributed by atoms with E-state index in [1.807, 2.05) is 0 Å². The summed E-state index contributed by atoms with van der Waals surface area (Å²) in [6, 6.07) is 12.8. The Morgan fingerprint density at radius 1 is 1.15 bits per heavy atom. The van der Waals surface area contributed by atoms with Crippen molar-refractivity contribution in [2.45, 2.75) is 19.5 Å². The molecule has 1 aromatic heterocycles. The van der Waals surface area contributed by atoms with Crippen molar-refractivity contribution in [1.82, 2.24) is 9.97 Å². The van der Waals surface area contributed by atoms with Crippen LogP contribution >= 0.6 is 0 Å². The summed E-state index contributed by atoms with van der Waals surface area (Å²) in [6.45, 7) is -2.99. The first kappa shape index (κ1) is 17.5. The minimum atomic E-state index is -2.99. The predicted octanol–water partition coefficient (Wildman–Crippen LogP) is 3.10. The highest BCUT2D eigenvalue weighted by molar-refractivity contribution is 5.92. The monoisotopic (exact) mass is 359 g/mol. The lowest BCUT2D eigenvalue weighted by molar-refractivity contribution is -0.116. The number of rotatable bonds is 6. The van der Waals surface area contributed by atoms with E-state index in [2.05, 4.69) is 20.0 Å². The molecule has 1 amide bonds. The molecule has 6 nitrogen and oxygen atoms in total. The minimum absolute atomic E-state index is 0.0181. The average Bonchev–Trinajstić information content (AvgIpc) is 2.61. The summed E-state index contributed by atoms with van der Waals surface area (Å²) in [7, 11) is 0. The van der Waals surface area contributed by atoms with Crippen LogP contribution in [0.1, 0.15) is 12.2 Å². The number of amides is 1. The van der Waals surface area contributed by atoms with E-state index >= 15 is 0 Å². The molecule has 3 rings (SSSR count). The maximum Gasteiger partial charge on any atom is 0.387 e. The summed E-state index contributed by atoms with van der Waals surface area (Å²) in [6.07, 6.45) is 0.216. The maximum absolute atomic E-state index is 12.4. The summed E-state index contributed by atoms with van der Waals surface area (Å²) in [5.74, 6) is -0.153. The van der Waals surface area contributed by atoms with Crippen LogP contribution in [0.3, 0.4) is 0 Å². The van der Waals surface area contributed by atoms with Gasteiger partial charge in [-0.15, -0.1) is 0 Å². The Morgan fingerprint density at radius 2 is 1.88 bits per heavy atom. The van der Waals surface area contributed by atoms with Crippen molar-refractivity contribution in [2.24, 2.45) is 0 Å². The summed E-state index contributed by atoms with van der Waals surface area (Å²) < 4.78 is 29.2. The second-order valence-corrected chi connectivity index (χ2v) is 5.45. The number of hydrogen-bond donors (Lipinski definition) is 2. The molecule has 0 spiro atoms. The highest BCUT2D eigenvalue weighted by Gasteiger charge is 2.12. The Bertz CT molecular complexity index is 989. The maximum atomic E-state index is 12.4. The number of alkyl halides is 2. The Labute approximate surface area is 146 Å². The van der Waals surface area contributed by atoms with Crippen molar-refractivity contribution in [1.29, 1.82) is 0 Å². The number of aryl methyl sites for hydroxylation is 1. The Kier molecular flexibility index (Phi) is 5.21. The van der Waals surface area contributed by atoms with Crippen molar-refractivity contribution in [3.05, 3.63) is 64.7 Å². The molecule has 26 heavy (non-hydrogen) atoms. The van der Waals surface area contributed by atoms with E-state index in [4.69, 9.17) is 0 Å². The van der Waals surface area contributed by atoms with E-state index in [-0.39, 0.29) is 29.8 Å². The molecule has 0 bridgehead atoms. The fourth-order valence-electron chi connectivity index (χ4n) is 2.47. The molecule has 8 heteroatoms. The van der Waals surface area contributed by atoms with E-state index in [0.717, 1.165) is 0 Å². The number of aromatic amines is 1. The molecule has 0 radical (unpaired) electrons. The van der Waals surface area contributed by atoms with E-state index in [9.17, 15) is 18.4 Å². The van der Waals surface area contributed by atoms with Gasteiger partial charge in [0.2, 0.25) is 5.91 Å². The minimum Gasteiger partial charge on any atom is -0.433 e. The Morgan fingerprint density at radius 3 is 2.69 bits per heavy atom. The highest BCUT2D eigenvalue weighted by Crippen LogP contribution is 2.25. The van der Waals surface area contributed by atoms with Crippen LogP contribution in [0.25, 0.3) is 10.9 Å². The van der Waals surface area contributed by atoms with Crippen molar-refractivity contribution in [2.75, 3.05) is 5.32 Å². The number of anilines is 1. The number of para-hydroxylation sites is 3. The number of ether oxygens (including phenoxy) is 1. The molecule has 0 saturated carbocycles. The molecule has 134 valence electrons. The van der Waals surface area contributed by atoms with Crippen LogP contribution in [0.4, 0.5) is 14.5 Å². The fraction of sp³-hybridized carbons (Fsp3) is 0.167. The van der Waals surface area contributed by atoms with Crippen molar-refractivity contribution < 1.29 is 18.3 Å². The summed E-state index contributed by atoms with van der Waals surface area (Å²) >= 11 is 0. The third-order valence-electron chi connectivity index (χ3n) is 3.63. The lowest BCUT2D eigenvalue weighted by atomic mass is 10.2. The number of carbonyl (C=O) groups is 1. The standard InChI is InChI=1S/C18H15F2N3O3/c19-18(20)26-14-8-4-3-7-13(14)22-16(24)10-9-15-21-12-6-2-1-5-11(12)17(25)23-15/h1-8,18H,9-10H2,(H,22,24)(H,21,23,25). The van der Waals surface area contributed by atoms with Gasteiger partial charge in [-0.05, 0) is 24.3 Å². The molecule has 0 aliphatic carbocycles. The lowest BCUT2D eigenvalue weighted by Gasteiger charge is -2.11. The first-order valence-electron chi connectivity index (χ1n) is 7.84. The molecule has 0 atom stereocenters. The number of nitrogens with zero attached hydrogens (tertiary/aromatic N) is 1. The zero-order valence-electron chi connectivity index (χ0n) is 13.5. The average molecular weight is 359 g/mol. The summed E-state index contributed by atoms with van der Waals surface area (Å²) in [5, 5.41) is 2.99. The molecular formula is C18H15F2N3O3. The molecule has 0 aliphatic heterocycles. The van der Waals surface area contributed by atoms with Gasteiger partial charge in [-0.2, -0.15) is 8.78 Å². The summed E-state index contributed by atoms with van der Waals surface area (Å²) in [5.41, 5.74) is 0.418. The predicted molar refractivity (Wildman–Crippen MR) is 92.4 cm³/mol. The fourth-order valence-corrected chi connectivity index (χ4v) is 2.47. The van der Waals surface area contributed by atoms with E-state index in [1.54, 1.807) is 30.3 Å². The number of fused-ring (bicyclic) bond motifs is 1. The van der Waals surface area contributed by atoms with E-state index < -0.39 is 12.5 Å². The van der Waals surface area contributed by atoms with E-state index in [1.165, 1.54) is 18.2 Å². The van der Waals surface area contributed by atoms with Gasteiger partial charge in [0, 0.05) is 12.8 Å². The van der Waals surface area contributed by atoms with Gasteiger partial charge < -0.3 is 15.0 Å². The van der Waals surface area contributed by atoms with Gasteiger partial charge in [0.1, 0.15) is 11.6 Å². The quantitative estimate of drug-likeness (QED) is 0.708. The van der Waals surface area contributed by atoms with Gasteiger partial charge in [-0.3, -0.25) is 9.59 Å². The van der Waals surface area contributed by atoms with Crippen LogP contribution in [0.2, 0.25) is 0 Å². The van der Waals surface area contributed by atoms with Crippen molar-refractivity contribution >= 4 is 22.5 Å². The number of benzene rings is 2. The van der Waals surface area contributed by atoms with Crippen molar-refractivity contribution in [3.63, 3.8) is 0 Å². The second-order valence-electron chi connectivity index (χ2n) is 5.45. The molecule has 0 fully saturated rings. The lowest BCUT2D eigenvalue weighted by Crippen LogP contribution is -2.17. The van der Waals surface area contributed by atoms with Gasteiger partial charge in [-0.25, -0.2) is 4.98 Å². The number of aromatic nitrogens is 2. The molecule has 0 saturated heterocycles. The molecule has 3 aromatic rings. The van der Waals surface area contributed by atoms with Crippen LogP contribution < -0.4 is 15.6 Å². The number of hydrogen-bond acceptors (Lipinski definition) is 4. The smallest absolute Gasteiger partial charge is 0.387 e. The van der Waals surface area contributed by atoms with Crippen LogP contribution in [0.5, 0.6) is 5.75 Å². The van der Waals surface area contributed by atoms with Gasteiger partial charge in [-0.1, -0.05) is 24.3 Å². The van der Waals surface area contributed by atoms with E-state index in [0.29, 0.717) is 16.7 Å².